The third-order valence-corrected chi connectivity index (χ3v) is 2.65. The third-order valence-electron chi connectivity index (χ3n) is 2.65. The minimum absolute atomic E-state index is 0.0786. The van der Waals surface area contributed by atoms with Gasteiger partial charge in [0.15, 0.2) is 0 Å². The van der Waals surface area contributed by atoms with Gasteiger partial charge in [-0.05, 0) is 30.7 Å². The highest BCUT2D eigenvalue weighted by molar-refractivity contribution is 5.94. The Morgan fingerprint density at radius 1 is 1.26 bits per heavy atom. The van der Waals surface area contributed by atoms with Gasteiger partial charge in [0, 0.05) is 19.2 Å². The van der Waals surface area contributed by atoms with Crippen LogP contribution in [-0.2, 0) is 9.59 Å². The highest BCUT2D eigenvalue weighted by atomic mass is 16.5. The molecule has 1 N–H and O–H groups in total. The first-order valence-corrected chi connectivity index (χ1v) is 6.26. The number of carbonyl (C=O) groups is 2. The van der Waals surface area contributed by atoms with Crippen LogP contribution in [0.25, 0.3) is 0 Å². The fourth-order valence-corrected chi connectivity index (χ4v) is 1.67. The van der Waals surface area contributed by atoms with Crippen molar-refractivity contribution < 1.29 is 14.3 Å². The van der Waals surface area contributed by atoms with Gasteiger partial charge in [0.05, 0.1) is 13.7 Å². The summed E-state index contributed by atoms with van der Waals surface area (Å²) in [5.74, 6) is 0.440. The summed E-state index contributed by atoms with van der Waals surface area (Å²) in [6.45, 7) is 4.11. The van der Waals surface area contributed by atoms with E-state index in [2.05, 4.69) is 5.32 Å². The lowest BCUT2D eigenvalue weighted by Gasteiger charge is -2.19. The summed E-state index contributed by atoms with van der Waals surface area (Å²) in [4.78, 5) is 24.7. The number of hydrogen-bond acceptors (Lipinski definition) is 3. The Morgan fingerprint density at radius 3 is 2.37 bits per heavy atom. The number of anilines is 1. The SMILES string of the molecule is CCCN(CC(=O)Nc1ccc(OC)cc1)C(C)=O. The Hall–Kier alpha value is -2.04. The molecule has 0 aromatic heterocycles. The summed E-state index contributed by atoms with van der Waals surface area (Å²) in [5.41, 5.74) is 0.686. The second kappa shape index (κ2) is 7.41. The Bertz CT molecular complexity index is 429. The molecule has 0 aliphatic rings. The maximum Gasteiger partial charge on any atom is 0.243 e. The van der Waals surface area contributed by atoms with Crippen LogP contribution in [0.15, 0.2) is 24.3 Å². The second-order valence-corrected chi connectivity index (χ2v) is 4.22. The van der Waals surface area contributed by atoms with Gasteiger partial charge in [-0.2, -0.15) is 0 Å². The number of nitrogens with zero attached hydrogens (tertiary/aromatic N) is 1. The summed E-state index contributed by atoms with van der Waals surface area (Å²) < 4.78 is 5.04. The van der Waals surface area contributed by atoms with Gasteiger partial charge in [0.1, 0.15) is 5.75 Å². The van der Waals surface area contributed by atoms with Crippen molar-refractivity contribution in [3.05, 3.63) is 24.3 Å². The molecule has 1 aromatic rings. The molecule has 0 saturated carbocycles. The monoisotopic (exact) mass is 264 g/mol. The van der Waals surface area contributed by atoms with E-state index in [4.69, 9.17) is 4.74 Å². The smallest absolute Gasteiger partial charge is 0.243 e. The standard InChI is InChI=1S/C14H20N2O3/c1-4-9-16(11(2)17)10-14(18)15-12-5-7-13(19-3)8-6-12/h5-8H,4,9-10H2,1-3H3,(H,15,18). The lowest BCUT2D eigenvalue weighted by Crippen LogP contribution is -2.37. The van der Waals surface area contributed by atoms with Gasteiger partial charge in [0.25, 0.3) is 0 Å². The molecule has 0 fully saturated rings. The van der Waals surface area contributed by atoms with Crippen molar-refractivity contribution in [2.75, 3.05) is 25.5 Å². The van der Waals surface area contributed by atoms with E-state index in [0.29, 0.717) is 12.2 Å². The third kappa shape index (κ3) is 4.99. The first-order valence-electron chi connectivity index (χ1n) is 6.26. The van der Waals surface area contributed by atoms with Gasteiger partial charge in [-0.25, -0.2) is 0 Å². The number of ether oxygens (including phenoxy) is 1. The number of hydrogen-bond donors (Lipinski definition) is 1. The maximum atomic E-state index is 11.8. The number of methoxy groups -OCH3 is 1. The topological polar surface area (TPSA) is 58.6 Å². The van der Waals surface area contributed by atoms with Crippen LogP contribution < -0.4 is 10.1 Å². The van der Waals surface area contributed by atoms with Crippen LogP contribution in [0.2, 0.25) is 0 Å². The zero-order chi connectivity index (χ0) is 14.3. The normalized spacial score (nSPS) is 9.84. The minimum Gasteiger partial charge on any atom is -0.497 e. The fraction of sp³-hybridized carbons (Fsp3) is 0.429. The summed E-state index contributed by atoms with van der Waals surface area (Å²) in [5, 5.41) is 2.75. The van der Waals surface area contributed by atoms with Crippen LogP contribution in [0.4, 0.5) is 5.69 Å². The van der Waals surface area contributed by atoms with Crippen molar-refractivity contribution in [2.45, 2.75) is 20.3 Å². The van der Waals surface area contributed by atoms with E-state index in [-0.39, 0.29) is 18.4 Å². The Balaban J connectivity index is 2.55. The van der Waals surface area contributed by atoms with E-state index in [1.165, 1.54) is 11.8 Å². The van der Waals surface area contributed by atoms with Crippen LogP contribution in [0.1, 0.15) is 20.3 Å². The van der Waals surface area contributed by atoms with E-state index >= 15 is 0 Å². The molecule has 0 unspecified atom stereocenters. The molecule has 1 aromatic carbocycles. The van der Waals surface area contributed by atoms with Gasteiger partial charge in [-0.3, -0.25) is 9.59 Å². The predicted molar refractivity (Wildman–Crippen MR) is 74.2 cm³/mol. The minimum atomic E-state index is -0.200. The summed E-state index contributed by atoms with van der Waals surface area (Å²) in [7, 11) is 1.59. The highest BCUT2D eigenvalue weighted by Crippen LogP contribution is 2.14. The quantitative estimate of drug-likeness (QED) is 0.853. The van der Waals surface area contributed by atoms with Gasteiger partial charge in [0.2, 0.25) is 11.8 Å². The van der Waals surface area contributed by atoms with Gasteiger partial charge < -0.3 is 15.0 Å². The van der Waals surface area contributed by atoms with Gasteiger partial charge in [-0.1, -0.05) is 6.92 Å². The van der Waals surface area contributed by atoms with Crippen molar-refractivity contribution in [1.29, 1.82) is 0 Å². The molecule has 5 heteroatoms. The summed E-state index contributed by atoms with van der Waals surface area (Å²) in [6.07, 6.45) is 0.829. The van der Waals surface area contributed by atoms with E-state index in [1.54, 1.807) is 31.4 Å². The van der Waals surface area contributed by atoms with Crippen LogP contribution in [0, 0.1) is 0 Å². The number of nitrogens with one attached hydrogen (secondary N) is 1. The van der Waals surface area contributed by atoms with Gasteiger partial charge in [-0.15, -0.1) is 0 Å². The van der Waals surface area contributed by atoms with E-state index < -0.39 is 0 Å². The molecule has 0 aliphatic carbocycles. The Morgan fingerprint density at radius 2 is 1.89 bits per heavy atom. The number of carbonyl (C=O) groups excluding carboxylic acids is 2. The lowest BCUT2D eigenvalue weighted by atomic mass is 10.3. The Labute approximate surface area is 113 Å². The fourth-order valence-electron chi connectivity index (χ4n) is 1.67. The molecule has 104 valence electrons. The van der Waals surface area contributed by atoms with E-state index in [1.807, 2.05) is 6.92 Å². The average molecular weight is 264 g/mol. The molecule has 0 atom stereocenters. The molecule has 5 nitrogen and oxygen atoms in total. The number of amides is 2. The van der Waals surface area contributed by atoms with Crippen molar-refractivity contribution in [2.24, 2.45) is 0 Å². The molecule has 0 bridgehead atoms. The first-order chi connectivity index (χ1) is 9.06. The molecule has 0 aliphatic heterocycles. The maximum absolute atomic E-state index is 11.8. The zero-order valence-electron chi connectivity index (χ0n) is 11.6. The molecule has 1 rings (SSSR count). The number of benzene rings is 1. The van der Waals surface area contributed by atoms with Crippen molar-refractivity contribution in [3.8, 4) is 5.75 Å². The Kier molecular flexibility index (Phi) is 5.85. The molecule has 19 heavy (non-hydrogen) atoms. The van der Waals surface area contributed by atoms with Crippen molar-refractivity contribution >= 4 is 17.5 Å². The van der Waals surface area contributed by atoms with Crippen LogP contribution in [0.3, 0.4) is 0 Å². The lowest BCUT2D eigenvalue weighted by molar-refractivity contribution is -0.132. The van der Waals surface area contributed by atoms with E-state index in [9.17, 15) is 9.59 Å². The molecular formula is C14H20N2O3. The molecule has 0 spiro atoms. The number of rotatable bonds is 6. The van der Waals surface area contributed by atoms with Crippen molar-refractivity contribution in [3.63, 3.8) is 0 Å². The second-order valence-electron chi connectivity index (χ2n) is 4.22. The summed E-state index contributed by atoms with van der Waals surface area (Å²) >= 11 is 0. The predicted octanol–water partition coefficient (Wildman–Crippen LogP) is 1.89. The van der Waals surface area contributed by atoms with Crippen LogP contribution in [0.5, 0.6) is 5.75 Å². The average Bonchev–Trinajstić information content (AvgIpc) is 2.39. The molecular weight excluding hydrogens is 244 g/mol. The first kappa shape index (κ1) is 15.0. The highest BCUT2D eigenvalue weighted by Gasteiger charge is 2.12. The van der Waals surface area contributed by atoms with Crippen LogP contribution >= 0.6 is 0 Å². The van der Waals surface area contributed by atoms with Crippen LogP contribution in [-0.4, -0.2) is 36.9 Å². The molecule has 0 heterocycles. The largest absolute Gasteiger partial charge is 0.497 e. The van der Waals surface area contributed by atoms with Gasteiger partial charge >= 0.3 is 0 Å². The molecule has 0 radical (unpaired) electrons. The molecule has 0 saturated heterocycles. The molecule has 2 amide bonds. The van der Waals surface area contributed by atoms with E-state index in [0.717, 1.165) is 12.2 Å². The zero-order valence-corrected chi connectivity index (χ0v) is 11.6. The summed E-state index contributed by atoms with van der Waals surface area (Å²) in [6, 6.07) is 7.05. The van der Waals surface area contributed by atoms with Crippen molar-refractivity contribution in [1.82, 2.24) is 4.90 Å².